The van der Waals surface area contributed by atoms with Crippen LogP contribution in [0.4, 0.5) is 0 Å². The summed E-state index contributed by atoms with van der Waals surface area (Å²) in [5.74, 6) is 0.125. The molecular weight excluding hydrogens is 312 g/mol. The SMILES string of the molecule is CC(C)=CCN1CCN(Cc2ccc(O)c(Cl)c2)CC1CCO. The normalized spacial score (nSPS) is 19.7. The van der Waals surface area contributed by atoms with E-state index in [2.05, 4.69) is 29.7 Å². The second-order valence-electron chi connectivity index (χ2n) is 6.46. The summed E-state index contributed by atoms with van der Waals surface area (Å²) < 4.78 is 0. The van der Waals surface area contributed by atoms with Crippen LogP contribution in [0.5, 0.6) is 5.75 Å². The number of hydrogen-bond acceptors (Lipinski definition) is 4. The van der Waals surface area contributed by atoms with Gasteiger partial charge in [0.2, 0.25) is 0 Å². The molecule has 0 spiro atoms. The highest BCUT2D eigenvalue weighted by Gasteiger charge is 2.25. The molecule has 1 aromatic carbocycles. The van der Waals surface area contributed by atoms with Crippen LogP contribution in [-0.2, 0) is 6.54 Å². The lowest BCUT2D eigenvalue weighted by molar-refractivity contribution is 0.0636. The Morgan fingerprint density at radius 3 is 2.78 bits per heavy atom. The number of aromatic hydroxyl groups is 1. The molecule has 1 fully saturated rings. The Morgan fingerprint density at radius 1 is 1.35 bits per heavy atom. The number of rotatable bonds is 6. The van der Waals surface area contributed by atoms with Crippen molar-refractivity contribution in [2.75, 3.05) is 32.8 Å². The van der Waals surface area contributed by atoms with Crippen molar-refractivity contribution in [1.29, 1.82) is 0 Å². The fraction of sp³-hybridized carbons (Fsp3) is 0.556. The Morgan fingerprint density at radius 2 is 2.13 bits per heavy atom. The third-order valence-corrected chi connectivity index (χ3v) is 4.61. The van der Waals surface area contributed by atoms with Gasteiger partial charge >= 0.3 is 0 Å². The van der Waals surface area contributed by atoms with E-state index in [1.165, 1.54) is 5.57 Å². The summed E-state index contributed by atoms with van der Waals surface area (Å²) in [6, 6.07) is 5.76. The molecule has 1 heterocycles. The first kappa shape index (κ1) is 18.3. The van der Waals surface area contributed by atoms with E-state index in [0.717, 1.165) is 44.7 Å². The predicted octanol–water partition coefficient (Wildman–Crippen LogP) is 2.88. The second-order valence-corrected chi connectivity index (χ2v) is 6.87. The van der Waals surface area contributed by atoms with Crippen molar-refractivity contribution < 1.29 is 10.2 Å². The number of piperazine rings is 1. The summed E-state index contributed by atoms with van der Waals surface area (Å²) in [6.07, 6.45) is 3.04. The zero-order valence-corrected chi connectivity index (χ0v) is 14.8. The van der Waals surface area contributed by atoms with Gasteiger partial charge in [-0.05, 0) is 38.0 Å². The highest BCUT2D eigenvalue weighted by atomic mass is 35.5. The summed E-state index contributed by atoms with van der Waals surface area (Å²) in [5, 5.41) is 19.3. The summed E-state index contributed by atoms with van der Waals surface area (Å²) in [5.41, 5.74) is 2.43. The quantitative estimate of drug-likeness (QED) is 0.783. The maximum atomic E-state index is 9.51. The fourth-order valence-corrected chi connectivity index (χ4v) is 3.17. The highest BCUT2D eigenvalue weighted by molar-refractivity contribution is 6.32. The zero-order chi connectivity index (χ0) is 16.8. The molecule has 2 rings (SSSR count). The number of aliphatic hydroxyl groups excluding tert-OH is 1. The Balaban J connectivity index is 1.97. The summed E-state index contributed by atoms with van der Waals surface area (Å²) in [7, 11) is 0. The number of aliphatic hydroxyl groups is 1. The van der Waals surface area contributed by atoms with Gasteiger partial charge in [-0.3, -0.25) is 9.80 Å². The van der Waals surface area contributed by atoms with Crippen molar-refractivity contribution in [3.8, 4) is 5.75 Å². The Bertz CT molecular complexity index is 544. The fourth-order valence-electron chi connectivity index (χ4n) is 2.97. The first-order valence-corrected chi connectivity index (χ1v) is 8.55. The van der Waals surface area contributed by atoms with E-state index in [1.807, 2.05) is 12.1 Å². The molecule has 0 amide bonds. The van der Waals surface area contributed by atoms with Crippen molar-refractivity contribution in [3.63, 3.8) is 0 Å². The summed E-state index contributed by atoms with van der Waals surface area (Å²) in [6.45, 7) is 9.16. The third kappa shape index (κ3) is 5.50. The molecule has 1 aromatic rings. The van der Waals surface area contributed by atoms with Crippen LogP contribution in [0.15, 0.2) is 29.8 Å². The van der Waals surface area contributed by atoms with Gasteiger partial charge in [0.15, 0.2) is 0 Å². The van der Waals surface area contributed by atoms with Crippen LogP contribution in [0, 0.1) is 0 Å². The van der Waals surface area contributed by atoms with Crippen LogP contribution in [0.2, 0.25) is 5.02 Å². The smallest absolute Gasteiger partial charge is 0.134 e. The van der Waals surface area contributed by atoms with Gasteiger partial charge in [0.05, 0.1) is 5.02 Å². The number of nitrogens with zero attached hydrogens (tertiary/aromatic N) is 2. The summed E-state index contributed by atoms with van der Waals surface area (Å²) >= 11 is 5.99. The van der Waals surface area contributed by atoms with Gasteiger partial charge in [-0.25, -0.2) is 0 Å². The maximum Gasteiger partial charge on any atom is 0.134 e. The minimum atomic E-state index is 0.125. The Kier molecular flexibility index (Phi) is 6.90. The molecule has 0 radical (unpaired) electrons. The first-order valence-electron chi connectivity index (χ1n) is 8.17. The van der Waals surface area contributed by atoms with Gasteiger partial charge in [-0.1, -0.05) is 29.3 Å². The number of phenols is 1. The van der Waals surface area contributed by atoms with E-state index in [1.54, 1.807) is 6.07 Å². The number of halogens is 1. The highest BCUT2D eigenvalue weighted by Crippen LogP contribution is 2.25. The van der Waals surface area contributed by atoms with E-state index < -0.39 is 0 Å². The van der Waals surface area contributed by atoms with E-state index in [4.69, 9.17) is 11.6 Å². The number of phenolic OH excluding ortho intramolecular Hbond substituents is 1. The molecule has 128 valence electrons. The molecule has 0 aromatic heterocycles. The zero-order valence-electron chi connectivity index (χ0n) is 14.0. The molecular formula is C18H27ClN2O2. The van der Waals surface area contributed by atoms with Gasteiger partial charge < -0.3 is 10.2 Å². The molecule has 1 aliphatic rings. The van der Waals surface area contributed by atoms with Gasteiger partial charge in [-0.15, -0.1) is 0 Å². The lowest BCUT2D eigenvalue weighted by Crippen LogP contribution is -2.53. The minimum Gasteiger partial charge on any atom is -0.506 e. The van der Waals surface area contributed by atoms with E-state index >= 15 is 0 Å². The lowest BCUT2D eigenvalue weighted by Gasteiger charge is -2.41. The number of benzene rings is 1. The average molecular weight is 339 g/mol. The molecule has 23 heavy (non-hydrogen) atoms. The van der Waals surface area contributed by atoms with Crippen LogP contribution in [-0.4, -0.2) is 58.8 Å². The average Bonchev–Trinajstić information content (AvgIpc) is 2.50. The van der Waals surface area contributed by atoms with Crippen molar-refractivity contribution in [2.45, 2.75) is 32.9 Å². The van der Waals surface area contributed by atoms with Crippen molar-refractivity contribution in [2.24, 2.45) is 0 Å². The van der Waals surface area contributed by atoms with E-state index in [-0.39, 0.29) is 12.4 Å². The molecule has 0 saturated carbocycles. The largest absolute Gasteiger partial charge is 0.506 e. The Labute approximate surface area is 144 Å². The van der Waals surface area contributed by atoms with Gasteiger partial charge in [0.25, 0.3) is 0 Å². The molecule has 0 aliphatic carbocycles. The van der Waals surface area contributed by atoms with Crippen LogP contribution in [0.1, 0.15) is 25.8 Å². The first-order chi connectivity index (χ1) is 11.0. The molecule has 5 heteroatoms. The van der Waals surface area contributed by atoms with Crippen LogP contribution >= 0.6 is 11.6 Å². The van der Waals surface area contributed by atoms with Crippen LogP contribution in [0.3, 0.4) is 0 Å². The van der Waals surface area contributed by atoms with Crippen molar-refractivity contribution >= 4 is 11.6 Å². The Hall–Kier alpha value is -1.07. The third-order valence-electron chi connectivity index (χ3n) is 4.30. The van der Waals surface area contributed by atoms with Crippen molar-refractivity contribution in [3.05, 3.63) is 40.4 Å². The van der Waals surface area contributed by atoms with Gasteiger partial charge in [-0.2, -0.15) is 0 Å². The number of allylic oxidation sites excluding steroid dienone is 1. The van der Waals surface area contributed by atoms with Gasteiger partial charge in [0, 0.05) is 45.4 Å². The van der Waals surface area contributed by atoms with Crippen LogP contribution < -0.4 is 0 Å². The molecule has 1 atom stereocenters. The molecule has 4 nitrogen and oxygen atoms in total. The maximum absolute atomic E-state index is 9.51. The van der Waals surface area contributed by atoms with Gasteiger partial charge in [0.1, 0.15) is 5.75 Å². The van der Waals surface area contributed by atoms with E-state index in [0.29, 0.717) is 11.1 Å². The topological polar surface area (TPSA) is 46.9 Å². The monoisotopic (exact) mass is 338 g/mol. The van der Waals surface area contributed by atoms with Crippen LogP contribution in [0.25, 0.3) is 0 Å². The molecule has 0 bridgehead atoms. The second kappa shape index (κ2) is 8.69. The van der Waals surface area contributed by atoms with Crippen molar-refractivity contribution in [1.82, 2.24) is 9.80 Å². The lowest BCUT2D eigenvalue weighted by atomic mass is 10.1. The molecule has 1 aliphatic heterocycles. The standard InChI is InChI=1S/C18H27ClN2O2/c1-14(2)5-7-21-9-8-20(13-16(21)6-10-22)12-15-3-4-18(23)17(19)11-15/h3-5,11,16,22-23H,6-10,12-13H2,1-2H3. The number of hydrogen-bond donors (Lipinski definition) is 2. The molecule has 1 unspecified atom stereocenters. The molecule has 2 N–H and O–H groups in total. The summed E-state index contributed by atoms with van der Waals surface area (Å²) in [4.78, 5) is 4.84. The minimum absolute atomic E-state index is 0.125. The predicted molar refractivity (Wildman–Crippen MR) is 94.9 cm³/mol. The molecule has 1 saturated heterocycles. The van der Waals surface area contributed by atoms with E-state index in [9.17, 15) is 10.2 Å².